The Kier molecular flexibility index (Phi) is 6.66. The van der Waals surface area contributed by atoms with Gasteiger partial charge in [-0.2, -0.15) is 5.26 Å². The average molecular weight is 434 g/mol. The van der Waals surface area contributed by atoms with Gasteiger partial charge in [0, 0.05) is 20.8 Å². The Morgan fingerprint density at radius 1 is 1.04 bits per heavy atom. The van der Waals surface area contributed by atoms with Crippen LogP contribution in [0.25, 0.3) is 0 Å². The number of nitrogens with zero attached hydrogens (tertiary/aromatic N) is 1. The Labute approximate surface area is 165 Å². The van der Waals surface area contributed by atoms with Crippen LogP contribution in [0.4, 0.5) is 5.69 Å². The van der Waals surface area contributed by atoms with Gasteiger partial charge in [0.2, 0.25) is 9.84 Å². The van der Waals surface area contributed by atoms with Crippen molar-refractivity contribution in [3.05, 3.63) is 67.5 Å². The molecule has 2 aromatic carbocycles. The number of halogens is 3. The lowest BCUT2D eigenvalue weighted by atomic mass is 10.3. The highest BCUT2D eigenvalue weighted by molar-refractivity contribution is 8.04. The lowest BCUT2D eigenvalue weighted by molar-refractivity contribution is 0.603. The number of nitrogens with one attached hydrogen (secondary N) is 1. The molecule has 0 aliphatic rings. The minimum Gasteiger partial charge on any atom is -0.348 e. The summed E-state index contributed by atoms with van der Waals surface area (Å²) in [5.41, 5.74) is 0.473. The van der Waals surface area contributed by atoms with Gasteiger partial charge in [-0.15, -0.1) is 11.8 Å². The van der Waals surface area contributed by atoms with E-state index in [0.29, 0.717) is 20.8 Å². The molecule has 0 amide bonds. The summed E-state index contributed by atoms with van der Waals surface area (Å²) in [5, 5.41) is 13.7. The first-order chi connectivity index (χ1) is 11.8. The topological polar surface area (TPSA) is 70.0 Å². The summed E-state index contributed by atoms with van der Waals surface area (Å²) in [6.07, 6.45) is 1.66. The fraction of sp³-hybridized carbons (Fsp3) is 0.0625. The van der Waals surface area contributed by atoms with Crippen LogP contribution in [0.2, 0.25) is 15.1 Å². The Balaban J connectivity index is 2.53. The van der Waals surface area contributed by atoms with E-state index in [9.17, 15) is 13.7 Å². The molecule has 0 bridgehead atoms. The molecule has 0 heterocycles. The SMILES string of the molecule is CS/C(Nc1cc(Cl)cc(Cl)c1)=C(/C#N)S(=O)(=O)c1ccc(Cl)cc1. The van der Waals surface area contributed by atoms with Crippen molar-refractivity contribution in [3.8, 4) is 6.07 Å². The van der Waals surface area contributed by atoms with Crippen LogP contribution >= 0.6 is 46.6 Å². The summed E-state index contributed by atoms with van der Waals surface area (Å²) >= 11 is 18.8. The van der Waals surface area contributed by atoms with Crippen molar-refractivity contribution in [2.24, 2.45) is 0 Å². The van der Waals surface area contributed by atoms with E-state index in [-0.39, 0.29) is 9.92 Å². The number of nitriles is 1. The van der Waals surface area contributed by atoms with Gasteiger partial charge in [-0.25, -0.2) is 8.42 Å². The molecule has 9 heteroatoms. The van der Waals surface area contributed by atoms with Crippen LogP contribution in [0, 0.1) is 11.3 Å². The third-order valence-corrected chi connectivity index (χ3v) is 6.28. The molecule has 0 saturated carbocycles. The van der Waals surface area contributed by atoms with Crippen LogP contribution in [-0.2, 0) is 9.84 Å². The van der Waals surface area contributed by atoms with Crippen LogP contribution < -0.4 is 5.32 Å². The number of thioether (sulfide) groups is 1. The van der Waals surface area contributed by atoms with Gasteiger partial charge in [0.1, 0.15) is 11.1 Å². The van der Waals surface area contributed by atoms with Gasteiger partial charge in [-0.3, -0.25) is 0 Å². The van der Waals surface area contributed by atoms with Gasteiger partial charge < -0.3 is 5.32 Å². The zero-order valence-electron chi connectivity index (χ0n) is 12.8. The van der Waals surface area contributed by atoms with Crippen LogP contribution in [0.5, 0.6) is 0 Å². The Morgan fingerprint density at radius 3 is 2.08 bits per heavy atom. The van der Waals surface area contributed by atoms with Crippen molar-refractivity contribution in [1.29, 1.82) is 5.26 Å². The Morgan fingerprint density at radius 2 is 1.60 bits per heavy atom. The van der Waals surface area contributed by atoms with Gasteiger partial charge in [-0.05, 0) is 48.7 Å². The summed E-state index contributed by atoms with van der Waals surface area (Å²) in [5.74, 6) is 0. The monoisotopic (exact) mass is 432 g/mol. The summed E-state index contributed by atoms with van der Waals surface area (Å²) < 4.78 is 25.5. The zero-order valence-corrected chi connectivity index (χ0v) is 16.7. The molecule has 4 nitrogen and oxygen atoms in total. The molecule has 0 spiro atoms. The summed E-state index contributed by atoms with van der Waals surface area (Å²) in [7, 11) is -4.01. The molecule has 0 radical (unpaired) electrons. The zero-order chi connectivity index (χ0) is 18.6. The highest BCUT2D eigenvalue weighted by Gasteiger charge is 2.25. The first kappa shape index (κ1) is 20.0. The van der Waals surface area contributed by atoms with E-state index in [1.54, 1.807) is 30.5 Å². The van der Waals surface area contributed by atoms with Crippen molar-refractivity contribution >= 4 is 62.1 Å². The molecule has 130 valence electrons. The fourth-order valence-corrected chi connectivity index (χ4v) is 4.75. The second-order valence-electron chi connectivity index (χ2n) is 4.71. The summed E-state index contributed by atoms with van der Waals surface area (Å²) in [6, 6.07) is 12.1. The van der Waals surface area contributed by atoms with Crippen molar-refractivity contribution in [2.45, 2.75) is 4.90 Å². The quantitative estimate of drug-likeness (QED) is 0.622. The van der Waals surface area contributed by atoms with E-state index in [2.05, 4.69) is 5.32 Å². The number of hydrogen-bond acceptors (Lipinski definition) is 5. The number of benzene rings is 2. The molecule has 2 aromatic rings. The third-order valence-electron chi connectivity index (χ3n) is 3.02. The molecule has 0 atom stereocenters. The standard InChI is InChI=1S/C16H11Cl3N2O2S2/c1-24-16(21-13-7-11(18)6-12(19)8-13)15(9-20)25(22,23)14-4-2-10(17)3-5-14/h2-8,21H,1H3/b16-15-. The highest BCUT2D eigenvalue weighted by Crippen LogP contribution is 2.30. The van der Waals surface area contributed by atoms with Crippen molar-refractivity contribution in [3.63, 3.8) is 0 Å². The van der Waals surface area contributed by atoms with Crippen LogP contribution in [0.1, 0.15) is 0 Å². The smallest absolute Gasteiger partial charge is 0.219 e. The van der Waals surface area contributed by atoms with Crippen LogP contribution in [0.15, 0.2) is 57.3 Å². The Bertz CT molecular complexity index is 946. The molecular weight excluding hydrogens is 423 g/mol. The molecule has 0 aliphatic heterocycles. The third kappa shape index (κ3) is 4.84. The van der Waals surface area contributed by atoms with Gasteiger partial charge in [0.15, 0.2) is 4.91 Å². The number of hydrogen-bond donors (Lipinski definition) is 1. The normalized spacial score (nSPS) is 12.3. The second kappa shape index (κ2) is 8.35. The van der Waals surface area contributed by atoms with Gasteiger partial charge in [0.05, 0.1) is 4.90 Å². The maximum absolute atomic E-state index is 12.8. The summed E-state index contributed by atoms with van der Waals surface area (Å²) in [6.45, 7) is 0. The van der Waals surface area contributed by atoms with E-state index < -0.39 is 14.7 Å². The van der Waals surface area contributed by atoms with Crippen molar-refractivity contribution in [2.75, 3.05) is 11.6 Å². The van der Waals surface area contributed by atoms with E-state index in [1.807, 2.05) is 0 Å². The molecular formula is C16H11Cl3N2O2S2. The maximum atomic E-state index is 12.8. The number of sulfone groups is 1. The van der Waals surface area contributed by atoms with Gasteiger partial charge >= 0.3 is 0 Å². The minimum absolute atomic E-state index is 0.0223. The number of allylic oxidation sites excluding steroid dienone is 1. The Hall–Kier alpha value is -1.36. The molecule has 0 unspecified atom stereocenters. The predicted octanol–water partition coefficient (Wildman–Crippen LogP) is 5.59. The predicted molar refractivity (Wildman–Crippen MR) is 105 cm³/mol. The molecule has 0 saturated heterocycles. The first-order valence-corrected chi connectivity index (χ1v) is 10.5. The minimum atomic E-state index is -4.01. The molecule has 25 heavy (non-hydrogen) atoms. The molecule has 0 aromatic heterocycles. The largest absolute Gasteiger partial charge is 0.348 e. The van der Waals surface area contributed by atoms with Crippen LogP contribution in [0.3, 0.4) is 0 Å². The lowest BCUT2D eigenvalue weighted by Gasteiger charge is -2.12. The van der Waals surface area contributed by atoms with E-state index in [1.165, 1.54) is 24.3 Å². The van der Waals surface area contributed by atoms with E-state index in [0.717, 1.165) is 11.8 Å². The van der Waals surface area contributed by atoms with E-state index >= 15 is 0 Å². The maximum Gasteiger partial charge on any atom is 0.219 e. The van der Waals surface area contributed by atoms with Crippen molar-refractivity contribution < 1.29 is 8.42 Å². The lowest BCUT2D eigenvalue weighted by Crippen LogP contribution is -2.10. The highest BCUT2D eigenvalue weighted by atomic mass is 35.5. The first-order valence-electron chi connectivity index (χ1n) is 6.70. The summed E-state index contributed by atoms with van der Waals surface area (Å²) in [4.78, 5) is -0.427. The molecule has 0 aliphatic carbocycles. The number of anilines is 1. The fourth-order valence-electron chi connectivity index (χ4n) is 1.92. The number of rotatable bonds is 5. The van der Waals surface area contributed by atoms with Crippen molar-refractivity contribution in [1.82, 2.24) is 0 Å². The van der Waals surface area contributed by atoms with Gasteiger partial charge in [0.25, 0.3) is 0 Å². The van der Waals surface area contributed by atoms with Crippen LogP contribution in [-0.4, -0.2) is 14.7 Å². The molecule has 2 rings (SSSR count). The molecule has 1 N–H and O–H groups in total. The second-order valence-corrected chi connectivity index (χ2v) is 8.73. The average Bonchev–Trinajstić information content (AvgIpc) is 2.53. The van der Waals surface area contributed by atoms with Gasteiger partial charge in [-0.1, -0.05) is 34.8 Å². The molecule has 0 fully saturated rings. The van der Waals surface area contributed by atoms with E-state index in [4.69, 9.17) is 34.8 Å².